The van der Waals surface area contributed by atoms with Crippen LogP contribution in [-0.4, -0.2) is 7.05 Å². The Bertz CT molecular complexity index is 556. The van der Waals surface area contributed by atoms with Crippen molar-refractivity contribution in [2.45, 2.75) is 18.4 Å². The summed E-state index contributed by atoms with van der Waals surface area (Å²) < 4.78 is 0. The van der Waals surface area contributed by atoms with E-state index in [-0.39, 0.29) is 5.54 Å². The molecule has 0 heterocycles. The second kappa shape index (κ2) is 4.42. The van der Waals surface area contributed by atoms with Gasteiger partial charge in [0.25, 0.3) is 0 Å². The minimum atomic E-state index is 0.225. The topological polar surface area (TPSA) is 12.0 Å². The number of halogens is 1. The fraction of sp³-hybridized carbons (Fsp3) is 0.250. The summed E-state index contributed by atoms with van der Waals surface area (Å²) in [5.74, 6) is 0. The molecule has 1 nitrogen and oxygen atoms in total. The van der Waals surface area contributed by atoms with E-state index in [0.29, 0.717) is 0 Å². The molecule has 2 aromatic rings. The molecule has 18 heavy (non-hydrogen) atoms. The maximum atomic E-state index is 5.93. The van der Waals surface area contributed by atoms with Gasteiger partial charge < -0.3 is 5.32 Å². The Balaban J connectivity index is 1.98. The van der Waals surface area contributed by atoms with Crippen molar-refractivity contribution in [3.05, 3.63) is 59.1 Å². The molecule has 2 aromatic carbocycles. The van der Waals surface area contributed by atoms with Gasteiger partial charge in [0.15, 0.2) is 0 Å². The number of benzene rings is 2. The molecule has 3 rings (SSSR count). The molecule has 0 radical (unpaired) electrons. The summed E-state index contributed by atoms with van der Waals surface area (Å²) in [6, 6.07) is 16.8. The Kier molecular flexibility index (Phi) is 2.89. The highest BCUT2D eigenvalue weighted by molar-refractivity contribution is 6.30. The van der Waals surface area contributed by atoms with Crippen LogP contribution in [0.5, 0.6) is 0 Å². The minimum absolute atomic E-state index is 0.225. The molecule has 1 aliphatic rings. The van der Waals surface area contributed by atoms with Crippen LogP contribution in [0.25, 0.3) is 11.1 Å². The SMILES string of the molecule is CNC1(c2cccc(-c3ccc(Cl)cc3)c2)CC1. The number of hydrogen-bond acceptors (Lipinski definition) is 1. The normalized spacial score (nSPS) is 16.6. The van der Waals surface area contributed by atoms with E-state index in [1.807, 2.05) is 19.2 Å². The van der Waals surface area contributed by atoms with Crippen LogP contribution in [0.15, 0.2) is 48.5 Å². The molecule has 0 amide bonds. The van der Waals surface area contributed by atoms with Crippen molar-refractivity contribution >= 4 is 11.6 Å². The molecule has 0 aromatic heterocycles. The zero-order chi connectivity index (χ0) is 12.6. The van der Waals surface area contributed by atoms with E-state index >= 15 is 0 Å². The lowest BCUT2D eigenvalue weighted by molar-refractivity contribution is 0.586. The Labute approximate surface area is 113 Å². The van der Waals surface area contributed by atoms with E-state index in [9.17, 15) is 0 Å². The van der Waals surface area contributed by atoms with Gasteiger partial charge in [0.2, 0.25) is 0 Å². The monoisotopic (exact) mass is 257 g/mol. The van der Waals surface area contributed by atoms with Gasteiger partial charge in [-0.05, 0) is 54.8 Å². The lowest BCUT2D eigenvalue weighted by Crippen LogP contribution is -2.24. The smallest absolute Gasteiger partial charge is 0.0434 e. The molecule has 1 aliphatic carbocycles. The van der Waals surface area contributed by atoms with Gasteiger partial charge in [-0.2, -0.15) is 0 Å². The third kappa shape index (κ3) is 2.05. The van der Waals surface area contributed by atoms with Gasteiger partial charge >= 0.3 is 0 Å². The predicted molar refractivity (Wildman–Crippen MR) is 76.9 cm³/mol. The lowest BCUT2D eigenvalue weighted by Gasteiger charge is -2.15. The quantitative estimate of drug-likeness (QED) is 0.868. The molecule has 1 N–H and O–H groups in total. The van der Waals surface area contributed by atoms with Gasteiger partial charge in [-0.15, -0.1) is 0 Å². The van der Waals surface area contributed by atoms with Crippen molar-refractivity contribution in [3.63, 3.8) is 0 Å². The molecule has 0 bridgehead atoms. The van der Waals surface area contributed by atoms with Crippen LogP contribution in [-0.2, 0) is 5.54 Å². The molecule has 0 saturated heterocycles. The third-order valence-electron chi connectivity index (χ3n) is 3.82. The summed E-state index contributed by atoms with van der Waals surface area (Å²) in [6.07, 6.45) is 2.46. The van der Waals surface area contributed by atoms with Gasteiger partial charge in [-0.25, -0.2) is 0 Å². The first-order valence-electron chi connectivity index (χ1n) is 6.29. The molecular formula is C16H16ClN. The van der Waals surface area contributed by atoms with Crippen LogP contribution >= 0.6 is 11.6 Å². The van der Waals surface area contributed by atoms with Crippen molar-refractivity contribution < 1.29 is 0 Å². The third-order valence-corrected chi connectivity index (χ3v) is 4.07. The second-order valence-corrected chi connectivity index (χ2v) is 5.36. The maximum Gasteiger partial charge on any atom is 0.0434 e. The van der Waals surface area contributed by atoms with E-state index in [1.165, 1.54) is 29.5 Å². The summed E-state index contributed by atoms with van der Waals surface area (Å²) in [4.78, 5) is 0. The first kappa shape index (κ1) is 11.8. The van der Waals surface area contributed by atoms with Gasteiger partial charge in [0.1, 0.15) is 0 Å². The molecule has 1 saturated carbocycles. The van der Waals surface area contributed by atoms with Crippen LogP contribution in [0.1, 0.15) is 18.4 Å². The fourth-order valence-corrected chi connectivity index (χ4v) is 2.57. The maximum absolute atomic E-state index is 5.93. The van der Waals surface area contributed by atoms with E-state index in [0.717, 1.165) is 5.02 Å². The zero-order valence-corrected chi connectivity index (χ0v) is 11.2. The van der Waals surface area contributed by atoms with Crippen molar-refractivity contribution in [2.75, 3.05) is 7.05 Å². The van der Waals surface area contributed by atoms with Gasteiger partial charge in [-0.1, -0.05) is 41.9 Å². The van der Waals surface area contributed by atoms with Gasteiger partial charge in [0, 0.05) is 10.6 Å². The number of nitrogens with one attached hydrogen (secondary N) is 1. The van der Waals surface area contributed by atoms with Crippen LogP contribution in [0.2, 0.25) is 5.02 Å². The van der Waals surface area contributed by atoms with Crippen molar-refractivity contribution in [1.29, 1.82) is 0 Å². The molecule has 2 heteroatoms. The van der Waals surface area contributed by atoms with Gasteiger partial charge in [0.05, 0.1) is 0 Å². The van der Waals surface area contributed by atoms with E-state index in [4.69, 9.17) is 11.6 Å². The summed E-state index contributed by atoms with van der Waals surface area (Å²) in [7, 11) is 2.04. The van der Waals surface area contributed by atoms with Crippen LogP contribution in [0.3, 0.4) is 0 Å². The number of rotatable bonds is 3. The van der Waals surface area contributed by atoms with Crippen LogP contribution in [0, 0.1) is 0 Å². The zero-order valence-electron chi connectivity index (χ0n) is 10.4. The molecule has 0 spiro atoms. The summed E-state index contributed by atoms with van der Waals surface area (Å²) in [5, 5.41) is 4.22. The van der Waals surface area contributed by atoms with Crippen molar-refractivity contribution in [3.8, 4) is 11.1 Å². The molecule has 0 unspecified atom stereocenters. The molecule has 0 aliphatic heterocycles. The fourth-order valence-electron chi connectivity index (χ4n) is 2.45. The van der Waals surface area contributed by atoms with Gasteiger partial charge in [-0.3, -0.25) is 0 Å². The standard InChI is InChI=1S/C16H16ClN/c1-18-16(9-10-16)14-4-2-3-13(11-14)12-5-7-15(17)8-6-12/h2-8,11,18H,9-10H2,1H3. The van der Waals surface area contributed by atoms with E-state index in [2.05, 4.69) is 41.7 Å². The highest BCUT2D eigenvalue weighted by Crippen LogP contribution is 2.45. The summed E-state index contributed by atoms with van der Waals surface area (Å²) >= 11 is 5.93. The molecule has 1 fully saturated rings. The van der Waals surface area contributed by atoms with Crippen LogP contribution < -0.4 is 5.32 Å². The lowest BCUT2D eigenvalue weighted by atomic mass is 9.98. The Morgan fingerprint density at radius 1 is 1.00 bits per heavy atom. The Morgan fingerprint density at radius 3 is 2.33 bits per heavy atom. The molecule has 92 valence electrons. The van der Waals surface area contributed by atoms with Crippen molar-refractivity contribution in [2.24, 2.45) is 0 Å². The molecular weight excluding hydrogens is 242 g/mol. The van der Waals surface area contributed by atoms with E-state index < -0.39 is 0 Å². The average Bonchev–Trinajstić information content (AvgIpc) is 3.21. The number of hydrogen-bond donors (Lipinski definition) is 1. The van der Waals surface area contributed by atoms with Crippen LogP contribution in [0.4, 0.5) is 0 Å². The van der Waals surface area contributed by atoms with E-state index in [1.54, 1.807) is 0 Å². The molecule has 0 atom stereocenters. The average molecular weight is 258 g/mol. The van der Waals surface area contributed by atoms with Crippen molar-refractivity contribution in [1.82, 2.24) is 5.32 Å². The summed E-state index contributed by atoms with van der Waals surface area (Å²) in [6.45, 7) is 0. The Hall–Kier alpha value is -1.31. The Morgan fingerprint density at radius 2 is 1.72 bits per heavy atom. The second-order valence-electron chi connectivity index (χ2n) is 4.92. The highest BCUT2D eigenvalue weighted by Gasteiger charge is 2.42. The first-order valence-corrected chi connectivity index (χ1v) is 6.67. The summed E-state index contributed by atoms with van der Waals surface area (Å²) in [5.41, 5.74) is 4.08. The highest BCUT2D eigenvalue weighted by atomic mass is 35.5. The first-order chi connectivity index (χ1) is 8.73. The largest absolute Gasteiger partial charge is 0.310 e. The predicted octanol–water partition coefficient (Wildman–Crippen LogP) is 4.22. The minimum Gasteiger partial charge on any atom is -0.310 e.